The molecule has 152 valence electrons. The highest BCUT2D eigenvalue weighted by molar-refractivity contribution is 7.11. The van der Waals surface area contributed by atoms with Crippen molar-refractivity contribution in [2.45, 2.75) is 0 Å². The van der Waals surface area contributed by atoms with Gasteiger partial charge in [0.25, 0.3) is 11.8 Å². The Bertz CT molecular complexity index is 1160. The summed E-state index contributed by atoms with van der Waals surface area (Å²) < 4.78 is 27.7. The summed E-state index contributed by atoms with van der Waals surface area (Å²) in [6.45, 7) is 0. The number of hydrogen-bond acceptors (Lipinski definition) is 5. The van der Waals surface area contributed by atoms with Crippen molar-refractivity contribution in [3.63, 3.8) is 0 Å². The summed E-state index contributed by atoms with van der Waals surface area (Å²) in [7, 11) is 3.82. The van der Waals surface area contributed by atoms with Gasteiger partial charge in [-0.25, -0.2) is 13.7 Å². The van der Waals surface area contributed by atoms with Crippen LogP contribution in [0.15, 0.2) is 65.7 Å². The Morgan fingerprint density at radius 1 is 0.967 bits per heavy atom. The van der Waals surface area contributed by atoms with Gasteiger partial charge in [-0.2, -0.15) is 0 Å². The summed E-state index contributed by atoms with van der Waals surface area (Å²) in [6, 6.07) is 13.5. The standard InChI is InChI=1S/C22H17F2N3O2S/c1-26(2)15-8-6-14(7-9-15)25-20-19(18-4-3-11-30-18)21(28)27(22(20)29)17-10-5-13(23)12-16(17)24/h3-12,25H,1-2H3. The van der Waals surface area contributed by atoms with Crippen LogP contribution in [-0.4, -0.2) is 25.9 Å². The fourth-order valence-corrected chi connectivity index (χ4v) is 3.93. The smallest absolute Gasteiger partial charge is 0.282 e. The van der Waals surface area contributed by atoms with Crippen molar-refractivity contribution in [1.29, 1.82) is 0 Å². The van der Waals surface area contributed by atoms with Gasteiger partial charge in [0.15, 0.2) is 0 Å². The van der Waals surface area contributed by atoms with Gasteiger partial charge in [0.05, 0.1) is 11.3 Å². The van der Waals surface area contributed by atoms with E-state index < -0.39 is 23.4 Å². The van der Waals surface area contributed by atoms with Crippen molar-refractivity contribution in [3.05, 3.63) is 82.2 Å². The van der Waals surface area contributed by atoms with Crippen LogP contribution in [0.5, 0.6) is 0 Å². The minimum atomic E-state index is -0.987. The fourth-order valence-electron chi connectivity index (χ4n) is 3.16. The van der Waals surface area contributed by atoms with Crippen molar-refractivity contribution in [2.75, 3.05) is 29.2 Å². The lowest BCUT2D eigenvalue weighted by Crippen LogP contribution is -2.33. The maximum Gasteiger partial charge on any atom is 0.282 e. The van der Waals surface area contributed by atoms with Gasteiger partial charge >= 0.3 is 0 Å². The number of benzene rings is 2. The van der Waals surface area contributed by atoms with Crippen LogP contribution in [0.1, 0.15) is 4.88 Å². The van der Waals surface area contributed by atoms with Gasteiger partial charge in [-0.1, -0.05) is 6.07 Å². The number of amides is 2. The SMILES string of the molecule is CN(C)c1ccc(NC2=C(c3cccs3)C(=O)N(c3ccc(F)cc3F)C2=O)cc1. The first-order chi connectivity index (χ1) is 14.4. The summed E-state index contributed by atoms with van der Waals surface area (Å²) in [4.78, 5) is 29.5. The van der Waals surface area contributed by atoms with Crippen LogP contribution in [-0.2, 0) is 9.59 Å². The molecule has 0 radical (unpaired) electrons. The summed E-state index contributed by atoms with van der Waals surface area (Å²) >= 11 is 1.29. The van der Waals surface area contributed by atoms with Crippen LogP contribution in [0.3, 0.4) is 0 Å². The number of hydrogen-bond donors (Lipinski definition) is 1. The molecule has 2 amide bonds. The van der Waals surface area contributed by atoms with E-state index >= 15 is 0 Å². The van der Waals surface area contributed by atoms with E-state index in [-0.39, 0.29) is 17.0 Å². The number of nitrogens with zero attached hydrogens (tertiary/aromatic N) is 2. The average Bonchev–Trinajstić information content (AvgIpc) is 3.30. The number of carbonyl (C=O) groups excluding carboxylic acids is 2. The second-order valence-electron chi connectivity index (χ2n) is 6.84. The van der Waals surface area contributed by atoms with E-state index in [2.05, 4.69) is 5.32 Å². The highest BCUT2D eigenvalue weighted by atomic mass is 32.1. The Morgan fingerprint density at radius 3 is 2.30 bits per heavy atom. The number of halogens is 2. The van der Waals surface area contributed by atoms with E-state index in [4.69, 9.17) is 0 Å². The molecule has 8 heteroatoms. The maximum atomic E-state index is 14.4. The van der Waals surface area contributed by atoms with Gasteiger partial charge in [0.1, 0.15) is 17.3 Å². The maximum absolute atomic E-state index is 14.4. The van der Waals surface area contributed by atoms with Gasteiger partial charge < -0.3 is 10.2 Å². The predicted molar refractivity (Wildman–Crippen MR) is 114 cm³/mol. The molecular weight excluding hydrogens is 408 g/mol. The van der Waals surface area contributed by atoms with Crippen molar-refractivity contribution < 1.29 is 18.4 Å². The van der Waals surface area contributed by atoms with Crippen molar-refractivity contribution in [2.24, 2.45) is 0 Å². The number of nitrogens with one attached hydrogen (secondary N) is 1. The van der Waals surface area contributed by atoms with E-state index in [9.17, 15) is 18.4 Å². The number of rotatable bonds is 5. The zero-order valence-corrected chi connectivity index (χ0v) is 17.0. The number of imide groups is 1. The van der Waals surface area contributed by atoms with Crippen LogP contribution in [0, 0.1) is 11.6 Å². The van der Waals surface area contributed by atoms with Gasteiger partial charge in [-0.05, 0) is 47.8 Å². The van der Waals surface area contributed by atoms with Gasteiger partial charge in [0.2, 0.25) is 0 Å². The van der Waals surface area contributed by atoms with Crippen LogP contribution in [0.2, 0.25) is 0 Å². The van der Waals surface area contributed by atoms with E-state index in [1.807, 2.05) is 31.1 Å². The zero-order chi connectivity index (χ0) is 21.4. The summed E-state index contributed by atoms with van der Waals surface area (Å²) in [5.41, 5.74) is 1.48. The third-order valence-electron chi connectivity index (χ3n) is 4.66. The van der Waals surface area contributed by atoms with Crippen molar-refractivity contribution >= 4 is 45.8 Å². The lowest BCUT2D eigenvalue weighted by atomic mass is 10.1. The lowest BCUT2D eigenvalue weighted by Gasteiger charge is -2.16. The molecule has 4 rings (SSSR count). The van der Waals surface area contributed by atoms with E-state index in [0.717, 1.165) is 22.7 Å². The molecule has 0 saturated heterocycles. The Morgan fingerprint density at radius 2 is 1.70 bits per heavy atom. The number of thiophene rings is 1. The van der Waals surface area contributed by atoms with Gasteiger partial charge in [-0.15, -0.1) is 11.3 Å². The van der Waals surface area contributed by atoms with Gasteiger partial charge in [0, 0.05) is 36.4 Å². The molecule has 2 aromatic carbocycles. The molecule has 2 heterocycles. The minimum absolute atomic E-state index is 0.0452. The zero-order valence-electron chi connectivity index (χ0n) is 16.1. The molecule has 0 unspecified atom stereocenters. The molecule has 3 aromatic rings. The van der Waals surface area contributed by atoms with Crippen LogP contribution < -0.4 is 15.1 Å². The monoisotopic (exact) mass is 425 g/mol. The second kappa shape index (κ2) is 7.72. The Hall–Kier alpha value is -3.52. The van der Waals surface area contributed by atoms with Crippen LogP contribution in [0.4, 0.5) is 25.8 Å². The first-order valence-electron chi connectivity index (χ1n) is 9.03. The van der Waals surface area contributed by atoms with E-state index in [0.29, 0.717) is 16.6 Å². The lowest BCUT2D eigenvalue weighted by molar-refractivity contribution is -0.120. The fraction of sp³-hybridized carbons (Fsp3) is 0.0909. The molecule has 5 nitrogen and oxygen atoms in total. The molecule has 0 spiro atoms. The molecule has 1 N–H and O–H groups in total. The molecule has 1 aromatic heterocycles. The summed E-state index contributed by atoms with van der Waals surface area (Å²) in [6.07, 6.45) is 0. The second-order valence-corrected chi connectivity index (χ2v) is 7.78. The molecular formula is C22H17F2N3O2S. The topological polar surface area (TPSA) is 52.7 Å². The summed E-state index contributed by atoms with van der Waals surface area (Å²) in [5, 5.41) is 4.80. The molecule has 1 aliphatic rings. The van der Waals surface area contributed by atoms with Crippen molar-refractivity contribution in [1.82, 2.24) is 0 Å². The molecule has 0 aliphatic carbocycles. The minimum Gasteiger partial charge on any atom is -0.378 e. The molecule has 0 bridgehead atoms. The molecule has 1 aliphatic heterocycles. The normalized spacial score (nSPS) is 13.9. The number of anilines is 3. The highest BCUT2D eigenvalue weighted by Gasteiger charge is 2.41. The third kappa shape index (κ3) is 3.46. The molecule has 0 atom stereocenters. The quantitative estimate of drug-likeness (QED) is 0.612. The Kier molecular flexibility index (Phi) is 5.09. The largest absolute Gasteiger partial charge is 0.378 e. The summed E-state index contributed by atoms with van der Waals surface area (Å²) in [5.74, 6) is -3.15. The Labute approximate surface area is 175 Å². The molecule has 0 saturated carbocycles. The van der Waals surface area contributed by atoms with E-state index in [1.54, 1.807) is 29.6 Å². The average molecular weight is 425 g/mol. The van der Waals surface area contributed by atoms with Crippen LogP contribution in [0.25, 0.3) is 5.57 Å². The first-order valence-corrected chi connectivity index (χ1v) is 9.91. The van der Waals surface area contributed by atoms with E-state index in [1.165, 1.54) is 11.3 Å². The number of carbonyl (C=O) groups is 2. The third-order valence-corrected chi connectivity index (χ3v) is 5.54. The molecule has 30 heavy (non-hydrogen) atoms. The van der Waals surface area contributed by atoms with Crippen LogP contribution >= 0.6 is 11.3 Å². The van der Waals surface area contributed by atoms with Gasteiger partial charge in [-0.3, -0.25) is 9.59 Å². The first kappa shape index (κ1) is 19.8. The van der Waals surface area contributed by atoms with Crippen molar-refractivity contribution in [3.8, 4) is 0 Å². The molecule has 0 fully saturated rings. The predicted octanol–water partition coefficient (Wildman–Crippen LogP) is 4.49. The Balaban J connectivity index is 1.76. The highest BCUT2D eigenvalue weighted by Crippen LogP contribution is 2.36.